The second-order valence-electron chi connectivity index (χ2n) is 6.05. The number of aliphatic carboxylic acids is 1. The highest BCUT2D eigenvalue weighted by atomic mass is 32.2. The number of hydrogen-bond acceptors (Lipinski definition) is 6. The molecule has 0 fully saturated rings. The van der Waals surface area contributed by atoms with Gasteiger partial charge in [0.15, 0.2) is 5.76 Å². The maximum atomic E-state index is 14.6. The Morgan fingerprint density at radius 2 is 2.03 bits per heavy atom. The Morgan fingerprint density at radius 3 is 2.62 bits per heavy atom. The minimum absolute atomic E-state index is 0.0536. The molecule has 3 rings (SSSR count). The second kappa shape index (κ2) is 7.79. The van der Waals surface area contributed by atoms with Crippen molar-refractivity contribution >= 4 is 40.6 Å². The van der Waals surface area contributed by atoms with Crippen LogP contribution in [0.2, 0.25) is 0 Å². The molecule has 29 heavy (non-hydrogen) atoms. The van der Waals surface area contributed by atoms with Gasteiger partial charge in [0.25, 0.3) is 0 Å². The van der Waals surface area contributed by atoms with E-state index in [1.54, 1.807) is 6.92 Å². The molecule has 1 aliphatic carbocycles. The number of rotatable bonds is 6. The summed E-state index contributed by atoms with van der Waals surface area (Å²) in [6, 6.07) is 2.37. The number of carboxylic acids is 1. The number of nitrogens with zero attached hydrogens (tertiary/aromatic N) is 1. The van der Waals surface area contributed by atoms with Crippen LogP contribution in [0.25, 0.3) is 0 Å². The molecule has 1 aliphatic heterocycles. The lowest BCUT2D eigenvalue weighted by molar-refractivity contribution is -0.136. The Balaban J connectivity index is 2.12. The van der Waals surface area contributed by atoms with Crippen molar-refractivity contribution in [1.29, 1.82) is 0 Å². The molecule has 154 valence electrons. The summed E-state index contributed by atoms with van der Waals surface area (Å²) in [5.41, 5.74) is -3.78. The predicted octanol–water partition coefficient (Wildman–Crippen LogP) is 5.27. The zero-order chi connectivity index (χ0) is 21.5. The van der Waals surface area contributed by atoms with Gasteiger partial charge in [0.1, 0.15) is 5.83 Å². The Bertz CT molecular complexity index is 1030. The minimum atomic E-state index is -4.51. The van der Waals surface area contributed by atoms with E-state index in [-0.39, 0.29) is 55.5 Å². The standard InChI is InChI=1S/C18H13F4NO4S2/c1-7-8(5-12(24)25)14-10(23-7)6-9(19)17(27-2)15(14)16(26)11-3-4-13(28-11)29-18(20,21)22/h3-4H,5-6H2,1-2H3,(H,24,25). The van der Waals surface area contributed by atoms with Crippen LogP contribution in [-0.4, -0.2) is 35.2 Å². The first-order valence-corrected chi connectivity index (χ1v) is 9.72. The summed E-state index contributed by atoms with van der Waals surface area (Å²) in [7, 11) is 1.16. The number of halogens is 4. The van der Waals surface area contributed by atoms with Crippen LogP contribution in [0, 0.1) is 0 Å². The summed E-state index contributed by atoms with van der Waals surface area (Å²) in [4.78, 5) is 28.5. The van der Waals surface area contributed by atoms with Crippen LogP contribution >= 0.6 is 23.1 Å². The Kier molecular flexibility index (Phi) is 5.72. The van der Waals surface area contributed by atoms with Crippen LogP contribution in [0.1, 0.15) is 29.4 Å². The van der Waals surface area contributed by atoms with E-state index in [0.29, 0.717) is 17.0 Å². The molecule has 0 saturated heterocycles. The van der Waals surface area contributed by atoms with Crippen LogP contribution in [0.15, 0.2) is 55.3 Å². The van der Waals surface area contributed by atoms with Crippen molar-refractivity contribution < 1.29 is 37.0 Å². The van der Waals surface area contributed by atoms with Crippen LogP contribution in [-0.2, 0) is 9.53 Å². The molecular formula is C18H13F4NO4S2. The van der Waals surface area contributed by atoms with Gasteiger partial charge in [0.2, 0.25) is 5.78 Å². The first kappa shape index (κ1) is 21.3. The van der Waals surface area contributed by atoms with Crippen LogP contribution in [0.4, 0.5) is 17.6 Å². The number of thiophene rings is 1. The molecule has 11 heteroatoms. The van der Waals surface area contributed by atoms with Gasteiger partial charge in [-0.05, 0) is 36.4 Å². The average Bonchev–Trinajstić information content (AvgIpc) is 3.16. The number of allylic oxidation sites excluding steroid dienone is 4. The van der Waals surface area contributed by atoms with E-state index in [4.69, 9.17) is 4.74 Å². The third-order valence-electron chi connectivity index (χ3n) is 4.16. The third kappa shape index (κ3) is 4.30. The number of aliphatic imine (C=N–C) groups is 1. The summed E-state index contributed by atoms with van der Waals surface area (Å²) in [6.07, 6.45) is -0.710. The molecule has 5 nitrogen and oxygen atoms in total. The summed E-state index contributed by atoms with van der Waals surface area (Å²) in [5.74, 6) is -3.04. The zero-order valence-corrected chi connectivity index (χ0v) is 16.6. The molecule has 0 spiro atoms. The largest absolute Gasteiger partial charge is 0.493 e. The highest BCUT2D eigenvalue weighted by Gasteiger charge is 2.38. The van der Waals surface area contributed by atoms with Gasteiger partial charge in [0.05, 0.1) is 33.9 Å². The highest BCUT2D eigenvalue weighted by molar-refractivity contribution is 8.02. The quantitative estimate of drug-likeness (QED) is 0.365. The number of carbonyl (C=O) groups is 2. The summed E-state index contributed by atoms with van der Waals surface area (Å²) < 4.78 is 57.2. The van der Waals surface area contributed by atoms with Gasteiger partial charge in [0, 0.05) is 17.7 Å². The van der Waals surface area contributed by atoms with Crippen molar-refractivity contribution in [2.75, 3.05) is 7.11 Å². The third-order valence-corrected chi connectivity index (χ3v) is 6.10. The van der Waals surface area contributed by atoms with E-state index < -0.39 is 29.5 Å². The van der Waals surface area contributed by atoms with Crippen molar-refractivity contribution in [3.05, 3.63) is 51.0 Å². The van der Waals surface area contributed by atoms with Gasteiger partial charge in [-0.15, -0.1) is 11.3 Å². The van der Waals surface area contributed by atoms with Gasteiger partial charge in [-0.2, -0.15) is 13.2 Å². The van der Waals surface area contributed by atoms with Crippen molar-refractivity contribution in [2.24, 2.45) is 4.99 Å². The molecule has 0 bridgehead atoms. The van der Waals surface area contributed by atoms with Crippen molar-refractivity contribution in [3.63, 3.8) is 0 Å². The van der Waals surface area contributed by atoms with E-state index >= 15 is 0 Å². The number of ketones is 1. The normalized spacial score (nSPS) is 17.0. The fourth-order valence-electron chi connectivity index (χ4n) is 3.11. The van der Waals surface area contributed by atoms with Gasteiger partial charge in [-0.3, -0.25) is 14.6 Å². The lowest BCUT2D eigenvalue weighted by Gasteiger charge is -2.21. The molecule has 0 aromatic carbocycles. The van der Waals surface area contributed by atoms with Crippen molar-refractivity contribution in [2.45, 2.75) is 29.5 Å². The smallest absolute Gasteiger partial charge is 0.447 e. The van der Waals surface area contributed by atoms with Crippen LogP contribution < -0.4 is 0 Å². The lowest BCUT2D eigenvalue weighted by Crippen LogP contribution is -2.20. The predicted molar refractivity (Wildman–Crippen MR) is 99.7 cm³/mol. The number of methoxy groups -OCH3 is 1. The summed E-state index contributed by atoms with van der Waals surface area (Å²) in [5, 5.41) is 9.19. The van der Waals surface area contributed by atoms with Gasteiger partial charge in [-0.1, -0.05) is 0 Å². The molecule has 0 radical (unpaired) electrons. The monoisotopic (exact) mass is 447 g/mol. The maximum absolute atomic E-state index is 14.6. The average molecular weight is 447 g/mol. The van der Waals surface area contributed by atoms with E-state index in [0.717, 1.165) is 13.2 Å². The van der Waals surface area contributed by atoms with Crippen molar-refractivity contribution in [1.82, 2.24) is 0 Å². The fourth-order valence-corrected chi connectivity index (χ4v) is 4.88. The molecule has 0 saturated carbocycles. The molecule has 1 N–H and O–H groups in total. The molecule has 1 aromatic heterocycles. The van der Waals surface area contributed by atoms with Crippen LogP contribution in [0.3, 0.4) is 0 Å². The Hall–Kier alpha value is -2.40. The number of hydrogen-bond donors (Lipinski definition) is 1. The number of fused-ring (bicyclic) bond motifs is 1. The number of alkyl halides is 3. The highest BCUT2D eigenvalue weighted by Crippen LogP contribution is 2.44. The van der Waals surface area contributed by atoms with Crippen molar-refractivity contribution in [3.8, 4) is 0 Å². The van der Waals surface area contributed by atoms with Gasteiger partial charge >= 0.3 is 11.5 Å². The molecule has 0 unspecified atom stereocenters. The topological polar surface area (TPSA) is 76.0 Å². The fraction of sp³-hybridized carbons (Fsp3) is 0.278. The lowest BCUT2D eigenvalue weighted by atomic mass is 9.85. The summed E-state index contributed by atoms with van der Waals surface area (Å²) in [6.45, 7) is 1.55. The summed E-state index contributed by atoms with van der Waals surface area (Å²) >= 11 is 0.255. The number of carboxylic acid groups (broad SMARTS) is 1. The second-order valence-corrected chi connectivity index (χ2v) is 8.50. The molecule has 2 heterocycles. The number of Topliss-reactive ketones (excluding diaryl/α,β-unsaturated/α-hetero) is 1. The number of carbonyl (C=O) groups excluding carboxylic acids is 1. The maximum Gasteiger partial charge on any atom is 0.447 e. The SMILES string of the molecule is COC1=C(F)CC2=NC(C)=C(CC(=O)O)C2=C1C(=O)c1ccc(SC(F)(F)F)s1. The first-order chi connectivity index (χ1) is 13.5. The Labute approximate surface area is 170 Å². The van der Waals surface area contributed by atoms with Crippen LogP contribution in [0.5, 0.6) is 0 Å². The zero-order valence-electron chi connectivity index (χ0n) is 15.0. The first-order valence-electron chi connectivity index (χ1n) is 8.09. The number of ether oxygens (including phenoxy) is 1. The molecular weight excluding hydrogens is 434 g/mol. The molecule has 0 atom stereocenters. The van der Waals surface area contributed by atoms with E-state index in [1.165, 1.54) is 6.07 Å². The van der Waals surface area contributed by atoms with Gasteiger partial charge < -0.3 is 9.84 Å². The molecule has 2 aliphatic rings. The van der Waals surface area contributed by atoms with Gasteiger partial charge in [-0.25, -0.2) is 4.39 Å². The van der Waals surface area contributed by atoms with E-state index in [1.807, 2.05) is 0 Å². The molecule has 0 amide bonds. The minimum Gasteiger partial charge on any atom is -0.493 e. The molecule has 1 aromatic rings. The number of thioether (sulfide) groups is 1. The Morgan fingerprint density at radius 1 is 1.34 bits per heavy atom. The van der Waals surface area contributed by atoms with E-state index in [2.05, 4.69) is 4.99 Å². The van der Waals surface area contributed by atoms with E-state index in [9.17, 15) is 32.3 Å².